The molecule has 0 fully saturated rings. The SMILES string of the molecule is Cc1cc(CNC(=O)O)c2c(c1)C1C=CC2C1. The maximum Gasteiger partial charge on any atom is 0.404 e. The van der Waals surface area contributed by atoms with Crippen LogP contribution in [0.15, 0.2) is 24.3 Å². The zero-order valence-electron chi connectivity index (χ0n) is 9.73. The van der Waals surface area contributed by atoms with Crippen molar-refractivity contribution in [2.24, 2.45) is 0 Å². The first-order valence-electron chi connectivity index (χ1n) is 5.93. The summed E-state index contributed by atoms with van der Waals surface area (Å²) >= 11 is 0. The Kier molecular flexibility index (Phi) is 2.21. The van der Waals surface area contributed by atoms with Crippen molar-refractivity contribution < 1.29 is 9.90 Å². The van der Waals surface area contributed by atoms with Gasteiger partial charge >= 0.3 is 6.09 Å². The number of amides is 1. The van der Waals surface area contributed by atoms with Crippen molar-refractivity contribution in [2.75, 3.05) is 0 Å². The van der Waals surface area contributed by atoms with E-state index >= 15 is 0 Å². The standard InChI is InChI=1S/C14H15NO2/c1-8-4-11(7-15-14(16)17)13-10-3-2-9(6-10)12(13)5-8/h2-5,9-10,15H,6-7H2,1H3,(H,16,17). The maximum absolute atomic E-state index is 10.6. The predicted octanol–water partition coefficient (Wildman–Crippen LogP) is 2.90. The van der Waals surface area contributed by atoms with Gasteiger partial charge in [-0.25, -0.2) is 4.79 Å². The summed E-state index contributed by atoms with van der Waals surface area (Å²) in [5, 5.41) is 11.2. The second-order valence-corrected chi connectivity index (χ2v) is 4.92. The molecule has 2 atom stereocenters. The summed E-state index contributed by atoms with van der Waals surface area (Å²) in [5.41, 5.74) is 5.11. The molecule has 2 unspecified atom stereocenters. The van der Waals surface area contributed by atoms with Gasteiger partial charge < -0.3 is 10.4 Å². The van der Waals surface area contributed by atoms with Crippen molar-refractivity contribution in [3.63, 3.8) is 0 Å². The van der Waals surface area contributed by atoms with Gasteiger partial charge in [0.2, 0.25) is 0 Å². The summed E-state index contributed by atoms with van der Waals surface area (Å²) in [5.74, 6) is 1.06. The van der Waals surface area contributed by atoms with Crippen LogP contribution in [0, 0.1) is 6.92 Å². The van der Waals surface area contributed by atoms with Crippen LogP contribution in [0.1, 0.15) is 40.5 Å². The number of hydrogen-bond acceptors (Lipinski definition) is 1. The number of nitrogens with one attached hydrogen (secondary N) is 1. The zero-order chi connectivity index (χ0) is 12.0. The highest BCUT2D eigenvalue weighted by atomic mass is 16.4. The Hall–Kier alpha value is -1.77. The minimum Gasteiger partial charge on any atom is -0.465 e. The molecule has 0 aromatic heterocycles. The van der Waals surface area contributed by atoms with Crippen molar-refractivity contribution >= 4 is 6.09 Å². The lowest BCUT2D eigenvalue weighted by molar-refractivity contribution is 0.194. The summed E-state index contributed by atoms with van der Waals surface area (Å²) in [6.45, 7) is 2.48. The Labute approximate surface area is 100 Å². The number of allylic oxidation sites excluding steroid dienone is 2. The molecule has 3 heteroatoms. The van der Waals surface area contributed by atoms with Crippen LogP contribution in [0.2, 0.25) is 0 Å². The summed E-state index contributed by atoms with van der Waals surface area (Å²) in [7, 11) is 0. The van der Waals surface area contributed by atoms with E-state index in [0.29, 0.717) is 18.4 Å². The molecule has 17 heavy (non-hydrogen) atoms. The molecule has 0 spiro atoms. The first kappa shape index (κ1) is 10.4. The molecule has 3 rings (SSSR count). The van der Waals surface area contributed by atoms with Gasteiger partial charge in [0.1, 0.15) is 0 Å². The summed E-state index contributed by atoms with van der Waals surface area (Å²) < 4.78 is 0. The average molecular weight is 229 g/mol. The Morgan fingerprint density at radius 3 is 2.94 bits per heavy atom. The van der Waals surface area contributed by atoms with Gasteiger partial charge in [-0.15, -0.1) is 0 Å². The van der Waals surface area contributed by atoms with Crippen LogP contribution in [-0.2, 0) is 6.54 Å². The fourth-order valence-electron chi connectivity index (χ4n) is 3.12. The number of benzene rings is 1. The second kappa shape index (κ2) is 3.62. The van der Waals surface area contributed by atoms with E-state index < -0.39 is 6.09 Å². The van der Waals surface area contributed by atoms with Crippen LogP contribution < -0.4 is 5.32 Å². The van der Waals surface area contributed by atoms with Gasteiger partial charge in [0, 0.05) is 18.4 Å². The third-order valence-corrected chi connectivity index (χ3v) is 3.73. The van der Waals surface area contributed by atoms with Crippen molar-refractivity contribution in [2.45, 2.75) is 31.7 Å². The van der Waals surface area contributed by atoms with Gasteiger partial charge in [-0.3, -0.25) is 0 Å². The minimum absolute atomic E-state index is 0.413. The number of aryl methyl sites for hydroxylation is 1. The fraction of sp³-hybridized carbons (Fsp3) is 0.357. The van der Waals surface area contributed by atoms with E-state index in [2.05, 4.69) is 36.5 Å². The smallest absolute Gasteiger partial charge is 0.404 e. The molecule has 88 valence electrons. The zero-order valence-corrected chi connectivity index (χ0v) is 9.73. The van der Waals surface area contributed by atoms with Crippen LogP contribution in [-0.4, -0.2) is 11.2 Å². The molecule has 1 aromatic rings. The quantitative estimate of drug-likeness (QED) is 0.766. The lowest BCUT2D eigenvalue weighted by atomic mass is 9.90. The summed E-state index contributed by atoms with van der Waals surface area (Å²) in [6.07, 6.45) is 4.74. The molecule has 0 aliphatic heterocycles. The monoisotopic (exact) mass is 229 g/mol. The number of carbonyl (C=O) groups is 1. The lowest BCUT2D eigenvalue weighted by Gasteiger charge is -2.17. The fourth-order valence-corrected chi connectivity index (χ4v) is 3.12. The molecular weight excluding hydrogens is 214 g/mol. The molecule has 2 aliphatic carbocycles. The normalized spacial score (nSPS) is 23.8. The Balaban J connectivity index is 2.00. The van der Waals surface area contributed by atoms with Crippen molar-refractivity contribution in [3.8, 4) is 0 Å². The van der Waals surface area contributed by atoms with E-state index in [0.717, 1.165) is 5.56 Å². The molecular formula is C14H15NO2. The molecule has 0 saturated carbocycles. The number of hydrogen-bond donors (Lipinski definition) is 2. The summed E-state index contributed by atoms with van der Waals surface area (Å²) in [6, 6.07) is 4.34. The van der Waals surface area contributed by atoms with Crippen LogP contribution in [0.4, 0.5) is 4.79 Å². The molecule has 2 bridgehead atoms. The van der Waals surface area contributed by atoms with E-state index in [1.807, 2.05) is 0 Å². The highest BCUT2D eigenvalue weighted by Gasteiger charge is 2.34. The Morgan fingerprint density at radius 2 is 2.18 bits per heavy atom. The van der Waals surface area contributed by atoms with Gasteiger partial charge in [0.05, 0.1) is 0 Å². The maximum atomic E-state index is 10.6. The van der Waals surface area contributed by atoms with Crippen molar-refractivity contribution in [1.29, 1.82) is 0 Å². The highest BCUT2D eigenvalue weighted by molar-refractivity contribution is 5.65. The molecule has 2 N–H and O–H groups in total. The van der Waals surface area contributed by atoms with Gasteiger partial charge in [-0.1, -0.05) is 29.8 Å². The van der Waals surface area contributed by atoms with E-state index in [4.69, 9.17) is 5.11 Å². The van der Waals surface area contributed by atoms with Gasteiger partial charge in [-0.2, -0.15) is 0 Å². The van der Waals surface area contributed by atoms with E-state index in [1.54, 1.807) is 0 Å². The largest absolute Gasteiger partial charge is 0.465 e. The van der Waals surface area contributed by atoms with E-state index in [9.17, 15) is 4.79 Å². The molecule has 3 nitrogen and oxygen atoms in total. The van der Waals surface area contributed by atoms with E-state index in [-0.39, 0.29) is 0 Å². The van der Waals surface area contributed by atoms with Crippen LogP contribution in [0.3, 0.4) is 0 Å². The third-order valence-electron chi connectivity index (χ3n) is 3.73. The molecule has 1 aromatic carbocycles. The first-order chi connectivity index (χ1) is 8.15. The van der Waals surface area contributed by atoms with Gasteiger partial charge in [0.15, 0.2) is 0 Å². The predicted molar refractivity (Wildman–Crippen MR) is 65.3 cm³/mol. The number of fused-ring (bicyclic) bond motifs is 5. The highest BCUT2D eigenvalue weighted by Crippen LogP contribution is 2.49. The molecule has 0 radical (unpaired) electrons. The minimum atomic E-state index is -0.959. The molecule has 1 amide bonds. The van der Waals surface area contributed by atoms with Gasteiger partial charge in [0.25, 0.3) is 0 Å². The van der Waals surface area contributed by atoms with Crippen LogP contribution >= 0.6 is 0 Å². The summed E-state index contributed by atoms with van der Waals surface area (Å²) in [4.78, 5) is 10.6. The Morgan fingerprint density at radius 1 is 1.41 bits per heavy atom. The molecule has 2 aliphatic rings. The number of rotatable bonds is 2. The van der Waals surface area contributed by atoms with Crippen molar-refractivity contribution in [3.05, 3.63) is 46.5 Å². The second-order valence-electron chi connectivity index (χ2n) is 4.92. The lowest BCUT2D eigenvalue weighted by Crippen LogP contribution is -2.21. The van der Waals surface area contributed by atoms with Crippen LogP contribution in [0.25, 0.3) is 0 Å². The Bertz CT molecular complexity index is 519. The van der Waals surface area contributed by atoms with Gasteiger partial charge in [-0.05, 0) is 30.0 Å². The topological polar surface area (TPSA) is 49.3 Å². The van der Waals surface area contributed by atoms with Crippen molar-refractivity contribution in [1.82, 2.24) is 5.32 Å². The van der Waals surface area contributed by atoms with E-state index in [1.165, 1.54) is 23.1 Å². The first-order valence-corrected chi connectivity index (χ1v) is 5.93. The molecule has 0 heterocycles. The third kappa shape index (κ3) is 1.62. The average Bonchev–Trinajstić information content (AvgIpc) is 2.86. The number of carboxylic acid groups (broad SMARTS) is 1. The molecule has 0 saturated heterocycles. The van der Waals surface area contributed by atoms with Crippen LogP contribution in [0.5, 0.6) is 0 Å².